The molecular formula is C21H27N5O4S. The van der Waals surface area contributed by atoms with Gasteiger partial charge in [0.15, 0.2) is 0 Å². The number of nitrogens with one attached hydrogen (secondary N) is 1. The van der Waals surface area contributed by atoms with Gasteiger partial charge in [0.2, 0.25) is 17.7 Å². The van der Waals surface area contributed by atoms with Gasteiger partial charge in [0.25, 0.3) is 0 Å². The number of amides is 3. The molecule has 3 rings (SSSR count). The summed E-state index contributed by atoms with van der Waals surface area (Å²) < 4.78 is 5.30. The summed E-state index contributed by atoms with van der Waals surface area (Å²) in [6.45, 7) is 3.83. The van der Waals surface area contributed by atoms with Crippen LogP contribution in [-0.2, 0) is 25.5 Å². The maximum absolute atomic E-state index is 13.6. The number of hydrogen-bond donors (Lipinski definition) is 2. The highest BCUT2D eigenvalue weighted by molar-refractivity contribution is 7.07. The van der Waals surface area contributed by atoms with E-state index >= 15 is 0 Å². The van der Waals surface area contributed by atoms with Gasteiger partial charge in [-0.2, -0.15) is 0 Å². The number of anilines is 1. The first-order chi connectivity index (χ1) is 15.0. The normalized spacial score (nSPS) is 16.3. The van der Waals surface area contributed by atoms with E-state index in [1.165, 1.54) is 16.2 Å². The molecule has 3 amide bonds. The standard InChI is InChI=1S/C21H27N5O4S/c1-15(20(22)28)26(18-13-31-14-23-18)21(29)17(11-16-5-3-2-4-6-16)12-19(27)24-25-7-9-30-10-8-25/h2-6,13-15,17H,7-12H2,1H3,(H2,22,28)(H,24,27)/t15-,17?/m1/s1. The van der Waals surface area contributed by atoms with Crippen molar-refractivity contribution in [3.05, 3.63) is 46.8 Å². The number of nitrogens with zero attached hydrogens (tertiary/aromatic N) is 3. The number of rotatable bonds is 9. The largest absolute Gasteiger partial charge is 0.379 e. The van der Waals surface area contributed by atoms with Crippen molar-refractivity contribution in [3.63, 3.8) is 0 Å². The van der Waals surface area contributed by atoms with E-state index < -0.39 is 17.9 Å². The lowest BCUT2D eigenvalue weighted by atomic mass is 9.93. The van der Waals surface area contributed by atoms with Crippen molar-refractivity contribution >= 4 is 34.9 Å². The van der Waals surface area contributed by atoms with Crippen molar-refractivity contribution < 1.29 is 19.1 Å². The monoisotopic (exact) mass is 445 g/mol. The third-order valence-electron chi connectivity index (χ3n) is 5.10. The molecule has 0 saturated carbocycles. The summed E-state index contributed by atoms with van der Waals surface area (Å²) in [7, 11) is 0. The van der Waals surface area contributed by atoms with Crippen LogP contribution >= 0.6 is 11.3 Å². The van der Waals surface area contributed by atoms with Crippen LogP contribution in [0.4, 0.5) is 5.82 Å². The van der Waals surface area contributed by atoms with Crippen molar-refractivity contribution in [2.24, 2.45) is 11.7 Å². The molecule has 10 heteroatoms. The fraction of sp³-hybridized carbons (Fsp3) is 0.429. The molecule has 0 spiro atoms. The first-order valence-electron chi connectivity index (χ1n) is 10.1. The number of thiazole rings is 1. The highest BCUT2D eigenvalue weighted by Crippen LogP contribution is 2.23. The summed E-state index contributed by atoms with van der Waals surface area (Å²) >= 11 is 1.31. The van der Waals surface area contributed by atoms with Crippen LogP contribution in [0, 0.1) is 5.92 Å². The summed E-state index contributed by atoms with van der Waals surface area (Å²) in [6, 6.07) is 8.58. The van der Waals surface area contributed by atoms with Crippen LogP contribution in [-0.4, -0.2) is 60.1 Å². The van der Waals surface area contributed by atoms with Gasteiger partial charge in [-0.05, 0) is 18.9 Å². The van der Waals surface area contributed by atoms with Crippen LogP contribution in [0.1, 0.15) is 18.9 Å². The molecule has 1 unspecified atom stereocenters. The van der Waals surface area contributed by atoms with Crippen LogP contribution in [0.15, 0.2) is 41.2 Å². The molecule has 1 aliphatic heterocycles. The number of aromatic nitrogens is 1. The fourth-order valence-electron chi connectivity index (χ4n) is 3.42. The molecule has 3 N–H and O–H groups in total. The lowest BCUT2D eigenvalue weighted by Crippen LogP contribution is -2.51. The molecule has 31 heavy (non-hydrogen) atoms. The van der Waals surface area contributed by atoms with Crippen LogP contribution < -0.4 is 16.1 Å². The minimum atomic E-state index is -0.893. The Hall–Kier alpha value is -2.82. The third-order valence-corrected chi connectivity index (χ3v) is 5.68. The zero-order chi connectivity index (χ0) is 22.2. The predicted molar refractivity (Wildman–Crippen MR) is 117 cm³/mol. The van der Waals surface area contributed by atoms with Gasteiger partial charge in [0, 0.05) is 24.9 Å². The van der Waals surface area contributed by atoms with E-state index in [0.29, 0.717) is 38.5 Å². The van der Waals surface area contributed by atoms with Gasteiger partial charge in [0.1, 0.15) is 11.9 Å². The van der Waals surface area contributed by atoms with Crippen molar-refractivity contribution in [1.82, 2.24) is 15.4 Å². The lowest BCUT2D eigenvalue weighted by Gasteiger charge is -2.30. The van der Waals surface area contributed by atoms with E-state index in [4.69, 9.17) is 10.5 Å². The van der Waals surface area contributed by atoms with Crippen LogP contribution in [0.2, 0.25) is 0 Å². The van der Waals surface area contributed by atoms with Crippen molar-refractivity contribution in [2.75, 3.05) is 31.2 Å². The van der Waals surface area contributed by atoms with Gasteiger partial charge in [-0.15, -0.1) is 11.3 Å². The maximum atomic E-state index is 13.6. The molecule has 1 aromatic carbocycles. The fourth-order valence-corrected chi connectivity index (χ4v) is 3.94. The number of primary amides is 1. The van der Waals surface area contributed by atoms with E-state index in [0.717, 1.165) is 5.56 Å². The molecule has 2 aromatic rings. The Labute approximate surface area is 185 Å². The molecule has 0 radical (unpaired) electrons. The number of morpholine rings is 1. The second-order valence-electron chi connectivity index (χ2n) is 7.36. The zero-order valence-electron chi connectivity index (χ0n) is 17.4. The quantitative estimate of drug-likeness (QED) is 0.594. The summed E-state index contributed by atoms with van der Waals surface area (Å²) in [4.78, 5) is 43.8. The van der Waals surface area contributed by atoms with Crippen molar-refractivity contribution in [3.8, 4) is 0 Å². The van der Waals surface area contributed by atoms with E-state index in [9.17, 15) is 14.4 Å². The number of benzene rings is 1. The number of ether oxygens (including phenoxy) is 1. The Bertz CT molecular complexity index is 871. The number of carbonyl (C=O) groups excluding carboxylic acids is 3. The third kappa shape index (κ3) is 6.33. The maximum Gasteiger partial charge on any atom is 0.240 e. The average molecular weight is 446 g/mol. The number of hydrogen-bond acceptors (Lipinski definition) is 7. The van der Waals surface area contributed by atoms with E-state index in [1.54, 1.807) is 22.8 Å². The average Bonchev–Trinajstić information content (AvgIpc) is 3.29. The molecule has 1 saturated heterocycles. The molecule has 9 nitrogen and oxygen atoms in total. The summed E-state index contributed by atoms with van der Waals surface area (Å²) in [5.74, 6) is -1.60. The molecule has 1 aromatic heterocycles. The van der Waals surface area contributed by atoms with Crippen LogP contribution in [0.25, 0.3) is 0 Å². The Kier molecular flexibility index (Phi) is 8.10. The molecule has 166 valence electrons. The SMILES string of the molecule is C[C@H](C(N)=O)N(C(=O)C(CC(=O)NN1CCOCC1)Cc1ccccc1)c1cscn1. The molecule has 0 bridgehead atoms. The smallest absolute Gasteiger partial charge is 0.240 e. The van der Waals surface area contributed by atoms with Gasteiger partial charge in [-0.3, -0.25) is 24.7 Å². The van der Waals surface area contributed by atoms with Gasteiger partial charge in [-0.1, -0.05) is 30.3 Å². The minimum Gasteiger partial charge on any atom is -0.379 e. The van der Waals surface area contributed by atoms with E-state index in [1.807, 2.05) is 30.3 Å². The Morgan fingerprint density at radius 3 is 2.58 bits per heavy atom. The highest BCUT2D eigenvalue weighted by atomic mass is 32.1. The molecule has 2 heterocycles. The predicted octanol–water partition coefficient (Wildman–Crippen LogP) is 0.962. The van der Waals surface area contributed by atoms with Crippen LogP contribution in [0.5, 0.6) is 0 Å². The highest BCUT2D eigenvalue weighted by Gasteiger charge is 2.34. The summed E-state index contributed by atoms with van der Waals surface area (Å²) in [6.07, 6.45) is 0.319. The van der Waals surface area contributed by atoms with E-state index in [2.05, 4.69) is 10.4 Å². The summed E-state index contributed by atoms with van der Waals surface area (Å²) in [5, 5.41) is 3.48. The van der Waals surface area contributed by atoms with Crippen LogP contribution in [0.3, 0.4) is 0 Å². The Morgan fingerprint density at radius 2 is 1.97 bits per heavy atom. The van der Waals surface area contributed by atoms with Crippen molar-refractivity contribution in [2.45, 2.75) is 25.8 Å². The first kappa shape index (κ1) is 22.9. The first-order valence-corrected chi connectivity index (χ1v) is 11.1. The molecule has 0 aliphatic carbocycles. The van der Waals surface area contributed by atoms with Gasteiger partial charge in [-0.25, -0.2) is 9.99 Å². The molecular weight excluding hydrogens is 418 g/mol. The summed E-state index contributed by atoms with van der Waals surface area (Å²) in [5.41, 5.74) is 10.9. The number of hydrazine groups is 1. The number of nitrogens with two attached hydrogens (primary N) is 1. The van der Waals surface area contributed by atoms with E-state index in [-0.39, 0.29) is 18.2 Å². The Morgan fingerprint density at radius 1 is 1.26 bits per heavy atom. The van der Waals surface area contributed by atoms with Gasteiger partial charge < -0.3 is 10.5 Å². The lowest BCUT2D eigenvalue weighted by molar-refractivity contribution is -0.133. The van der Waals surface area contributed by atoms with Gasteiger partial charge in [0.05, 0.1) is 24.6 Å². The second-order valence-corrected chi connectivity index (χ2v) is 8.08. The second kappa shape index (κ2) is 11.0. The molecule has 1 fully saturated rings. The zero-order valence-corrected chi connectivity index (χ0v) is 18.2. The number of carbonyl (C=O) groups is 3. The molecule has 2 atom stereocenters. The van der Waals surface area contributed by atoms with Gasteiger partial charge >= 0.3 is 0 Å². The van der Waals surface area contributed by atoms with Crippen molar-refractivity contribution in [1.29, 1.82) is 0 Å². The topological polar surface area (TPSA) is 118 Å². The molecule has 1 aliphatic rings. The minimum absolute atomic E-state index is 0.0306. The Balaban J connectivity index is 1.81.